The minimum absolute atomic E-state index is 0.00471. The van der Waals surface area contributed by atoms with Crippen molar-refractivity contribution < 1.29 is 9.50 Å². The standard InChI is InChI=1S/C12H13FN2O/c1-9-11(8-16)6-14-15(9)7-10-2-4-12(13)5-3-10/h2-6,16H,7-8H2,1H3. The number of aliphatic hydroxyl groups is 1. The minimum Gasteiger partial charge on any atom is -0.392 e. The van der Waals surface area contributed by atoms with Crippen LogP contribution in [0.3, 0.4) is 0 Å². The van der Waals surface area contributed by atoms with E-state index in [4.69, 9.17) is 5.11 Å². The summed E-state index contributed by atoms with van der Waals surface area (Å²) in [5.41, 5.74) is 2.74. The molecule has 0 amide bonds. The van der Waals surface area contributed by atoms with Crippen LogP contribution in [0.1, 0.15) is 16.8 Å². The number of halogens is 1. The second-order valence-electron chi connectivity index (χ2n) is 3.70. The van der Waals surface area contributed by atoms with Gasteiger partial charge >= 0.3 is 0 Å². The summed E-state index contributed by atoms with van der Waals surface area (Å²) in [7, 11) is 0. The summed E-state index contributed by atoms with van der Waals surface area (Å²) in [4.78, 5) is 0. The maximum absolute atomic E-state index is 12.7. The maximum Gasteiger partial charge on any atom is 0.123 e. The van der Waals surface area contributed by atoms with E-state index in [9.17, 15) is 4.39 Å². The fourth-order valence-corrected chi connectivity index (χ4v) is 1.56. The van der Waals surface area contributed by atoms with Crippen molar-refractivity contribution in [3.05, 3.63) is 53.1 Å². The molecule has 0 aliphatic rings. The molecule has 0 saturated heterocycles. The van der Waals surface area contributed by atoms with E-state index in [0.29, 0.717) is 6.54 Å². The monoisotopic (exact) mass is 220 g/mol. The Morgan fingerprint density at radius 3 is 2.56 bits per heavy atom. The molecule has 4 heteroatoms. The van der Waals surface area contributed by atoms with Crippen LogP contribution >= 0.6 is 0 Å². The van der Waals surface area contributed by atoms with Crippen molar-refractivity contribution in [3.63, 3.8) is 0 Å². The Morgan fingerprint density at radius 1 is 1.31 bits per heavy atom. The highest BCUT2D eigenvalue weighted by atomic mass is 19.1. The van der Waals surface area contributed by atoms with Crippen molar-refractivity contribution in [2.75, 3.05) is 0 Å². The summed E-state index contributed by atoms with van der Waals surface area (Å²) >= 11 is 0. The third-order valence-corrected chi connectivity index (χ3v) is 2.62. The van der Waals surface area contributed by atoms with Crippen LogP contribution in [0.5, 0.6) is 0 Å². The number of rotatable bonds is 3. The fourth-order valence-electron chi connectivity index (χ4n) is 1.56. The molecule has 0 saturated carbocycles. The van der Waals surface area contributed by atoms with E-state index in [2.05, 4.69) is 5.10 Å². The largest absolute Gasteiger partial charge is 0.392 e. The Hall–Kier alpha value is -1.68. The number of benzene rings is 1. The van der Waals surface area contributed by atoms with Gasteiger partial charge in [0.2, 0.25) is 0 Å². The van der Waals surface area contributed by atoms with Crippen molar-refractivity contribution >= 4 is 0 Å². The zero-order chi connectivity index (χ0) is 11.5. The molecule has 1 N–H and O–H groups in total. The topological polar surface area (TPSA) is 38.1 Å². The molecule has 2 rings (SSSR count). The lowest BCUT2D eigenvalue weighted by Crippen LogP contribution is -2.04. The lowest BCUT2D eigenvalue weighted by Gasteiger charge is -2.05. The van der Waals surface area contributed by atoms with E-state index in [-0.39, 0.29) is 12.4 Å². The van der Waals surface area contributed by atoms with Crippen LogP contribution in [-0.4, -0.2) is 14.9 Å². The molecule has 1 heterocycles. The van der Waals surface area contributed by atoms with Crippen molar-refractivity contribution in [1.82, 2.24) is 9.78 Å². The summed E-state index contributed by atoms with van der Waals surface area (Å²) < 4.78 is 14.5. The van der Waals surface area contributed by atoms with Gasteiger partial charge in [-0.25, -0.2) is 4.39 Å². The molecule has 84 valence electrons. The second-order valence-corrected chi connectivity index (χ2v) is 3.70. The highest BCUT2D eigenvalue weighted by molar-refractivity contribution is 5.19. The van der Waals surface area contributed by atoms with Crippen molar-refractivity contribution in [3.8, 4) is 0 Å². The third kappa shape index (κ3) is 2.12. The third-order valence-electron chi connectivity index (χ3n) is 2.62. The van der Waals surface area contributed by atoms with Gasteiger partial charge in [0, 0.05) is 11.3 Å². The molecule has 0 unspecified atom stereocenters. The van der Waals surface area contributed by atoms with E-state index in [1.54, 1.807) is 23.0 Å². The van der Waals surface area contributed by atoms with Gasteiger partial charge in [-0.1, -0.05) is 12.1 Å². The molecule has 1 aromatic carbocycles. The van der Waals surface area contributed by atoms with Crippen LogP contribution in [0, 0.1) is 12.7 Å². The first-order chi connectivity index (χ1) is 7.70. The number of hydrogen-bond acceptors (Lipinski definition) is 2. The Kier molecular flexibility index (Phi) is 3.01. The van der Waals surface area contributed by atoms with Crippen LogP contribution in [-0.2, 0) is 13.2 Å². The average Bonchev–Trinajstić information content (AvgIpc) is 2.63. The van der Waals surface area contributed by atoms with Gasteiger partial charge < -0.3 is 5.11 Å². The van der Waals surface area contributed by atoms with E-state index in [1.807, 2.05) is 6.92 Å². The van der Waals surface area contributed by atoms with E-state index >= 15 is 0 Å². The second kappa shape index (κ2) is 4.45. The molecule has 2 aromatic rings. The van der Waals surface area contributed by atoms with Crippen molar-refractivity contribution in [1.29, 1.82) is 0 Å². The molecule has 16 heavy (non-hydrogen) atoms. The SMILES string of the molecule is Cc1c(CO)cnn1Cc1ccc(F)cc1. The summed E-state index contributed by atoms with van der Waals surface area (Å²) in [6.45, 7) is 2.49. The van der Waals surface area contributed by atoms with Crippen LogP contribution in [0.25, 0.3) is 0 Å². The van der Waals surface area contributed by atoms with Gasteiger partial charge in [0.15, 0.2) is 0 Å². The molecule has 0 bridgehead atoms. The lowest BCUT2D eigenvalue weighted by molar-refractivity contribution is 0.281. The molecule has 1 aromatic heterocycles. The van der Waals surface area contributed by atoms with Crippen molar-refractivity contribution in [2.24, 2.45) is 0 Å². The van der Waals surface area contributed by atoms with Crippen molar-refractivity contribution in [2.45, 2.75) is 20.1 Å². The molecule has 0 fully saturated rings. The highest BCUT2D eigenvalue weighted by Crippen LogP contribution is 2.10. The number of nitrogens with zero attached hydrogens (tertiary/aromatic N) is 2. The molecule has 0 atom stereocenters. The predicted octanol–water partition coefficient (Wildman–Crippen LogP) is 1.87. The summed E-state index contributed by atoms with van der Waals surface area (Å²) in [6.07, 6.45) is 1.65. The maximum atomic E-state index is 12.7. The van der Waals surface area contributed by atoms with Gasteiger partial charge in [0.25, 0.3) is 0 Å². The number of aromatic nitrogens is 2. The average molecular weight is 220 g/mol. The quantitative estimate of drug-likeness (QED) is 0.857. The molecule has 0 spiro atoms. The van der Waals surface area contributed by atoms with Gasteiger partial charge in [-0.2, -0.15) is 5.10 Å². The van der Waals surface area contributed by atoms with Gasteiger partial charge in [0.05, 0.1) is 19.3 Å². The van der Waals surface area contributed by atoms with Gasteiger partial charge in [-0.3, -0.25) is 4.68 Å². The molecule has 3 nitrogen and oxygen atoms in total. The fraction of sp³-hybridized carbons (Fsp3) is 0.250. The van der Waals surface area contributed by atoms with E-state index in [0.717, 1.165) is 16.8 Å². The first-order valence-corrected chi connectivity index (χ1v) is 5.07. The smallest absolute Gasteiger partial charge is 0.123 e. The van der Waals surface area contributed by atoms with Crippen LogP contribution < -0.4 is 0 Å². The van der Waals surface area contributed by atoms with Crippen LogP contribution in [0.2, 0.25) is 0 Å². The normalized spacial score (nSPS) is 10.7. The zero-order valence-corrected chi connectivity index (χ0v) is 9.02. The molecule has 0 radical (unpaired) electrons. The Bertz CT molecular complexity index is 476. The van der Waals surface area contributed by atoms with E-state index in [1.165, 1.54) is 12.1 Å². The van der Waals surface area contributed by atoms with Crippen LogP contribution in [0.15, 0.2) is 30.5 Å². The van der Waals surface area contributed by atoms with Gasteiger partial charge in [-0.15, -0.1) is 0 Å². The lowest BCUT2D eigenvalue weighted by atomic mass is 10.2. The highest BCUT2D eigenvalue weighted by Gasteiger charge is 2.05. The molecular formula is C12H13FN2O. The Morgan fingerprint density at radius 2 is 2.00 bits per heavy atom. The number of aliphatic hydroxyl groups excluding tert-OH is 1. The molecule has 0 aliphatic carbocycles. The summed E-state index contributed by atoms with van der Waals surface area (Å²) in [6, 6.07) is 6.33. The summed E-state index contributed by atoms with van der Waals surface area (Å²) in [5.74, 6) is -0.239. The Balaban J connectivity index is 2.20. The first-order valence-electron chi connectivity index (χ1n) is 5.07. The van der Waals surface area contributed by atoms with E-state index < -0.39 is 0 Å². The zero-order valence-electron chi connectivity index (χ0n) is 9.02. The van der Waals surface area contributed by atoms with Gasteiger partial charge in [0.1, 0.15) is 5.82 Å². The van der Waals surface area contributed by atoms with Crippen LogP contribution in [0.4, 0.5) is 4.39 Å². The Labute approximate surface area is 93.2 Å². The first kappa shape index (κ1) is 10.8. The predicted molar refractivity (Wildman–Crippen MR) is 58.4 cm³/mol. The summed E-state index contributed by atoms with van der Waals surface area (Å²) in [5, 5.41) is 13.2. The molecule has 0 aliphatic heterocycles. The molecular weight excluding hydrogens is 207 g/mol. The van der Waals surface area contributed by atoms with Gasteiger partial charge in [-0.05, 0) is 24.6 Å². The number of hydrogen-bond donors (Lipinski definition) is 1. The minimum atomic E-state index is -0.239.